The molecular weight excluding hydrogens is 302 g/mol. The van der Waals surface area contributed by atoms with Gasteiger partial charge in [0.2, 0.25) is 0 Å². The van der Waals surface area contributed by atoms with Gasteiger partial charge in [0.05, 0.1) is 23.6 Å². The largest absolute Gasteiger partial charge is 0.388 e. The Morgan fingerprint density at radius 1 is 1.33 bits per heavy atom. The second-order valence-electron chi connectivity index (χ2n) is 6.73. The number of carbonyl (C=O) groups excluding carboxylic acids is 1. The van der Waals surface area contributed by atoms with Gasteiger partial charge in [0.25, 0.3) is 5.91 Å². The number of aliphatic hydroxyl groups excluding tert-OH is 1. The summed E-state index contributed by atoms with van der Waals surface area (Å²) in [7, 11) is 0. The molecule has 1 amide bonds. The summed E-state index contributed by atoms with van der Waals surface area (Å²) >= 11 is 0. The van der Waals surface area contributed by atoms with Gasteiger partial charge in [0.1, 0.15) is 0 Å². The standard InChI is InChI=1S/C19H25N3O2/c1-13(2)22-18(15-8-9-15)16(12-21-22)19(24)20-11-10-17(23)14-6-4-3-5-7-14/h3-7,12-13,15,17,23H,8-11H2,1-2H3,(H,20,24). The van der Waals surface area contributed by atoms with Gasteiger partial charge in [-0.3, -0.25) is 9.48 Å². The minimum Gasteiger partial charge on any atom is -0.388 e. The molecule has 1 aromatic carbocycles. The van der Waals surface area contributed by atoms with Gasteiger partial charge in [-0.05, 0) is 38.7 Å². The third-order valence-electron chi connectivity index (χ3n) is 4.42. The molecule has 0 bridgehead atoms. The predicted octanol–water partition coefficient (Wildman–Crippen LogP) is 3.19. The number of carbonyl (C=O) groups is 1. The van der Waals surface area contributed by atoms with Gasteiger partial charge in [-0.1, -0.05) is 30.3 Å². The molecule has 0 spiro atoms. The predicted molar refractivity (Wildman–Crippen MR) is 92.9 cm³/mol. The van der Waals surface area contributed by atoms with Crippen LogP contribution in [0.1, 0.15) is 72.8 Å². The Morgan fingerprint density at radius 3 is 2.67 bits per heavy atom. The number of rotatable bonds is 7. The van der Waals surface area contributed by atoms with Crippen LogP contribution in [-0.2, 0) is 0 Å². The number of aromatic nitrogens is 2. The van der Waals surface area contributed by atoms with E-state index in [9.17, 15) is 9.90 Å². The van der Waals surface area contributed by atoms with Crippen LogP contribution < -0.4 is 5.32 Å². The Morgan fingerprint density at radius 2 is 2.04 bits per heavy atom. The molecule has 1 aliphatic rings. The summed E-state index contributed by atoms with van der Waals surface area (Å²) in [6, 6.07) is 9.76. The maximum absolute atomic E-state index is 12.5. The van der Waals surface area contributed by atoms with Crippen LogP contribution in [0.3, 0.4) is 0 Å². The second kappa shape index (κ2) is 7.18. The highest BCUT2D eigenvalue weighted by molar-refractivity contribution is 5.95. The molecule has 1 unspecified atom stereocenters. The van der Waals surface area contributed by atoms with Crippen LogP contribution in [-0.4, -0.2) is 27.3 Å². The lowest BCUT2D eigenvalue weighted by atomic mass is 10.1. The molecule has 0 aliphatic heterocycles. The molecule has 2 N–H and O–H groups in total. The number of nitrogens with zero attached hydrogens (tertiary/aromatic N) is 2. The molecular formula is C19H25N3O2. The molecule has 5 heteroatoms. The zero-order valence-electron chi connectivity index (χ0n) is 14.3. The van der Waals surface area contributed by atoms with Gasteiger partial charge >= 0.3 is 0 Å². The van der Waals surface area contributed by atoms with Crippen LogP contribution in [0.25, 0.3) is 0 Å². The van der Waals surface area contributed by atoms with E-state index in [0.29, 0.717) is 24.4 Å². The molecule has 3 rings (SSSR count). The highest BCUT2D eigenvalue weighted by Gasteiger charge is 2.32. The Hall–Kier alpha value is -2.14. The first-order chi connectivity index (χ1) is 11.6. The quantitative estimate of drug-likeness (QED) is 0.820. The highest BCUT2D eigenvalue weighted by Crippen LogP contribution is 2.42. The Labute approximate surface area is 142 Å². The Balaban J connectivity index is 1.60. The summed E-state index contributed by atoms with van der Waals surface area (Å²) < 4.78 is 1.96. The van der Waals surface area contributed by atoms with Crippen LogP contribution in [0, 0.1) is 0 Å². The average Bonchev–Trinajstić information content (AvgIpc) is 3.32. The molecule has 1 atom stereocenters. The van der Waals surface area contributed by atoms with Crippen molar-refractivity contribution in [2.45, 2.75) is 51.2 Å². The first-order valence-corrected chi connectivity index (χ1v) is 8.66. The molecule has 1 aliphatic carbocycles. The lowest BCUT2D eigenvalue weighted by molar-refractivity contribution is 0.0941. The van der Waals surface area contributed by atoms with Crippen molar-refractivity contribution in [1.29, 1.82) is 0 Å². The van der Waals surface area contributed by atoms with E-state index in [4.69, 9.17) is 0 Å². The lowest BCUT2D eigenvalue weighted by Crippen LogP contribution is -2.26. The molecule has 128 valence electrons. The molecule has 1 heterocycles. The number of aliphatic hydroxyl groups is 1. The van der Waals surface area contributed by atoms with Crippen molar-refractivity contribution >= 4 is 5.91 Å². The lowest BCUT2D eigenvalue weighted by Gasteiger charge is -2.13. The summed E-state index contributed by atoms with van der Waals surface area (Å²) in [5.74, 6) is 0.370. The second-order valence-corrected chi connectivity index (χ2v) is 6.73. The van der Waals surface area contributed by atoms with E-state index < -0.39 is 6.10 Å². The SMILES string of the molecule is CC(C)n1ncc(C(=O)NCCC(O)c2ccccc2)c1C1CC1. The van der Waals surface area contributed by atoms with Gasteiger partial charge in [0, 0.05) is 18.5 Å². The normalized spacial score (nSPS) is 15.5. The minimum atomic E-state index is -0.562. The fraction of sp³-hybridized carbons (Fsp3) is 0.474. The van der Waals surface area contributed by atoms with Gasteiger partial charge in [-0.25, -0.2) is 0 Å². The van der Waals surface area contributed by atoms with Gasteiger partial charge < -0.3 is 10.4 Å². The summed E-state index contributed by atoms with van der Waals surface area (Å²) in [5.41, 5.74) is 2.62. The van der Waals surface area contributed by atoms with Crippen molar-refractivity contribution in [3.63, 3.8) is 0 Å². The average molecular weight is 327 g/mol. The smallest absolute Gasteiger partial charge is 0.254 e. The molecule has 24 heavy (non-hydrogen) atoms. The fourth-order valence-electron chi connectivity index (χ4n) is 2.98. The van der Waals surface area contributed by atoms with E-state index in [0.717, 1.165) is 24.1 Å². The zero-order valence-corrected chi connectivity index (χ0v) is 14.3. The number of benzene rings is 1. The van der Waals surface area contributed by atoms with Crippen molar-refractivity contribution in [3.05, 3.63) is 53.3 Å². The summed E-state index contributed by atoms with van der Waals surface area (Å²) in [4.78, 5) is 12.5. The minimum absolute atomic E-state index is 0.0935. The zero-order chi connectivity index (χ0) is 17.1. The number of hydrogen-bond acceptors (Lipinski definition) is 3. The van der Waals surface area contributed by atoms with E-state index in [-0.39, 0.29) is 11.9 Å². The van der Waals surface area contributed by atoms with E-state index in [1.54, 1.807) is 6.20 Å². The van der Waals surface area contributed by atoms with Crippen LogP contribution in [0.15, 0.2) is 36.5 Å². The van der Waals surface area contributed by atoms with E-state index in [1.807, 2.05) is 35.0 Å². The van der Waals surface area contributed by atoms with Gasteiger partial charge in [0.15, 0.2) is 0 Å². The molecule has 0 saturated heterocycles. The van der Waals surface area contributed by atoms with Crippen molar-refractivity contribution < 1.29 is 9.90 Å². The van der Waals surface area contributed by atoms with E-state index >= 15 is 0 Å². The van der Waals surface area contributed by atoms with Crippen LogP contribution in [0.2, 0.25) is 0 Å². The molecule has 1 aromatic heterocycles. The van der Waals surface area contributed by atoms with Crippen LogP contribution in [0.5, 0.6) is 0 Å². The molecule has 1 fully saturated rings. The Bertz CT molecular complexity index is 690. The third kappa shape index (κ3) is 3.67. The van der Waals surface area contributed by atoms with Crippen LogP contribution >= 0.6 is 0 Å². The van der Waals surface area contributed by atoms with Crippen molar-refractivity contribution in [3.8, 4) is 0 Å². The first-order valence-electron chi connectivity index (χ1n) is 8.66. The maximum atomic E-state index is 12.5. The number of amides is 1. The third-order valence-corrected chi connectivity index (χ3v) is 4.42. The molecule has 0 radical (unpaired) electrons. The number of hydrogen-bond donors (Lipinski definition) is 2. The van der Waals surface area contributed by atoms with Crippen molar-refractivity contribution in [1.82, 2.24) is 15.1 Å². The summed E-state index contributed by atoms with van der Waals surface area (Å²) in [6.45, 7) is 4.60. The fourth-order valence-corrected chi connectivity index (χ4v) is 2.98. The first kappa shape index (κ1) is 16.7. The van der Waals surface area contributed by atoms with Crippen molar-refractivity contribution in [2.75, 3.05) is 6.54 Å². The van der Waals surface area contributed by atoms with Gasteiger partial charge in [-0.2, -0.15) is 5.10 Å². The topological polar surface area (TPSA) is 67.2 Å². The summed E-state index contributed by atoms with van der Waals surface area (Å²) in [5, 5.41) is 17.5. The number of nitrogens with one attached hydrogen (secondary N) is 1. The van der Waals surface area contributed by atoms with Gasteiger partial charge in [-0.15, -0.1) is 0 Å². The van der Waals surface area contributed by atoms with E-state index in [2.05, 4.69) is 24.3 Å². The van der Waals surface area contributed by atoms with Crippen molar-refractivity contribution in [2.24, 2.45) is 0 Å². The monoisotopic (exact) mass is 327 g/mol. The van der Waals surface area contributed by atoms with E-state index in [1.165, 1.54) is 0 Å². The molecule has 5 nitrogen and oxygen atoms in total. The van der Waals surface area contributed by atoms with Crippen LogP contribution in [0.4, 0.5) is 0 Å². The Kier molecular flexibility index (Phi) is 5.00. The molecule has 1 saturated carbocycles. The maximum Gasteiger partial charge on any atom is 0.254 e. The highest BCUT2D eigenvalue weighted by atomic mass is 16.3. The summed E-state index contributed by atoms with van der Waals surface area (Å²) in [6.07, 6.45) is 3.87. The molecule has 2 aromatic rings.